The lowest BCUT2D eigenvalue weighted by molar-refractivity contribution is 0.0826. The van der Waals surface area contributed by atoms with Crippen LogP contribution in [0.4, 0.5) is 21.7 Å². The number of halogens is 1. The number of amides is 1. The van der Waals surface area contributed by atoms with Crippen molar-refractivity contribution in [2.75, 3.05) is 17.7 Å². The highest BCUT2D eigenvalue weighted by Gasteiger charge is 2.33. The summed E-state index contributed by atoms with van der Waals surface area (Å²) in [5.41, 5.74) is 0.461. The molecule has 11 heteroatoms. The molecule has 0 aromatic carbocycles. The van der Waals surface area contributed by atoms with E-state index >= 15 is 0 Å². The molecule has 0 unspecified atom stereocenters. The molecule has 4 aromatic heterocycles. The molecular formula is C22H21FN8O2. The van der Waals surface area contributed by atoms with Gasteiger partial charge in [-0.25, -0.2) is 14.4 Å². The number of nitrogens with one attached hydrogen (secondary N) is 3. The summed E-state index contributed by atoms with van der Waals surface area (Å²) in [5, 5.41) is 13.0. The van der Waals surface area contributed by atoms with Crippen LogP contribution in [0.3, 0.4) is 0 Å². The van der Waals surface area contributed by atoms with Gasteiger partial charge in [-0.15, -0.1) is 0 Å². The molecule has 3 N–H and O–H groups in total. The first-order valence-corrected chi connectivity index (χ1v) is 10.5. The lowest BCUT2D eigenvalue weighted by atomic mass is 9.90. The maximum Gasteiger partial charge on any atom is 0.279 e. The Morgan fingerprint density at radius 3 is 2.79 bits per heavy atom. The van der Waals surface area contributed by atoms with Crippen molar-refractivity contribution in [2.45, 2.75) is 25.1 Å². The van der Waals surface area contributed by atoms with Gasteiger partial charge in [0.15, 0.2) is 5.65 Å². The van der Waals surface area contributed by atoms with Gasteiger partial charge in [0.05, 0.1) is 12.2 Å². The van der Waals surface area contributed by atoms with E-state index in [2.05, 4.69) is 31.0 Å². The summed E-state index contributed by atoms with van der Waals surface area (Å²) < 4.78 is 16.5. The molecular weight excluding hydrogens is 427 g/mol. The standard InChI is InChI=1S/C22H21FN8O2/c1-24-19-11-17(27-16-5-4-10-30(22(16)33)18-6-2-3-9-25-18)29-20-13(12-26-31(19)20)21(32)28-15-8-7-14(15)23/h2-6,9-12,14-15,24H,7-8H2,1H3,(H,27,29)(H,28,32)/t14-,15-/m1/s1. The Balaban J connectivity index is 1.50. The SMILES string of the molecule is CNc1cc(Nc2cccn(-c3ccccn3)c2=O)nc2c(C(=O)N[C@@H]3CC[C@H]3F)cnn12. The van der Waals surface area contributed by atoms with E-state index < -0.39 is 18.1 Å². The third kappa shape index (κ3) is 3.77. The Morgan fingerprint density at radius 1 is 1.21 bits per heavy atom. The van der Waals surface area contributed by atoms with E-state index in [4.69, 9.17) is 0 Å². The highest BCUT2D eigenvalue weighted by atomic mass is 19.1. The molecule has 0 spiro atoms. The lowest BCUT2D eigenvalue weighted by Crippen LogP contribution is -2.48. The highest BCUT2D eigenvalue weighted by Crippen LogP contribution is 2.25. The molecule has 168 valence electrons. The highest BCUT2D eigenvalue weighted by molar-refractivity contribution is 6.00. The number of fused-ring (bicyclic) bond motifs is 1. The number of nitrogens with zero attached hydrogens (tertiary/aromatic N) is 5. The molecule has 4 aromatic rings. The molecule has 0 aliphatic heterocycles. The van der Waals surface area contributed by atoms with E-state index in [1.165, 1.54) is 15.3 Å². The first-order chi connectivity index (χ1) is 16.0. The minimum atomic E-state index is -1.03. The molecule has 4 heterocycles. The van der Waals surface area contributed by atoms with Crippen LogP contribution in [0.2, 0.25) is 0 Å². The number of rotatable bonds is 6. The molecule has 0 saturated heterocycles. The van der Waals surface area contributed by atoms with Crippen LogP contribution in [-0.4, -0.2) is 49.3 Å². The van der Waals surface area contributed by atoms with E-state index in [0.717, 1.165) is 0 Å². The molecule has 10 nitrogen and oxygen atoms in total. The maximum absolute atomic E-state index is 13.6. The fraction of sp³-hybridized carbons (Fsp3) is 0.227. The number of aromatic nitrogens is 5. The van der Waals surface area contributed by atoms with E-state index in [-0.39, 0.29) is 22.5 Å². The lowest BCUT2D eigenvalue weighted by Gasteiger charge is -2.30. The predicted octanol–water partition coefficient (Wildman–Crippen LogP) is 2.29. The van der Waals surface area contributed by atoms with Gasteiger partial charge in [-0.3, -0.25) is 14.2 Å². The number of hydrogen-bond donors (Lipinski definition) is 3. The summed E-state index contributed by atoms with van der Waals surface area (Å²) in [5.74, 6) is 0.933. The minimum Gasteiger partial charge on any atom is -0.373 e. The molecule has 0 bridgehead atoms. The van der Waals surface area contributed by atoms with Crippen molar-refractivity contribution in [1.82, 2.24) is 29.5 Å². The monoisotopic (exact) mass is 448 g/mol. The summed E-state index contributed by atoms with van der Waals surface area (Å²) >= 11 is 0. The first kappa shape index (κ1) is 20.6. The van der Waals surface area contributed by atoms with Crippen molar-refractivity contribution in [3.05, 3.63) is 70.9 Å². The van der Waals surface area contributed by atoms with Crippen molar-refractivity contribution < 1.29 is 9.18 Å². The number of anilines is 3. The molecule has 1 saturated carbocycles. The van der Waals surface area contributed by atoms with Crippen molar-refractivity contribution >= 4 is 28.9 Å². The van der Waals surface area contributed by atoms with Gasteiger partial charge in [-0.05, 0) is 37.1 Å². The van der Waals surface area contributed by atoms with Crippen LogP contribution in [-0.2, 0) is 0 Å². The predicted molar refractivity (Wildman–Crippen MR) is 121 cm³/mol. The van der Waals surface area contributed by atoms with E-state index in [1.54, 1.807) is 55.8 Å². The largest absolute Gasteiger partial charge is 0.373 e. The number of pyridine rings is 2. The van der Waals surface area contributed by atoms with Crippen LogP contribution in [0.5, 0.6) is 0 Å². The third-order valence-corrected chi connectivity index (χ3v) is 5.59. The molecule has 0 radical (unpaired) electrons. The Bertz CT molecular complexity index is 1380. The van der Waals surface area contributed by atoms with E-state index in [9.17, 15) is 14.0 Å². The number of alkyl halides is 1. The van der Waals surface area contributed by atoms with Gasteiger partial charge in [0.1, 0.15) is 34.9 Å². The maximum atomic E-state index is 13.6. The molecule has 2 atom stereocenters. The Morgan fingerprint density at radius 2 is 2.09 bits per heavy atom. The molecule has 1 aliphatic carbocycles. The first-order valence-electron chi connectivity index (χ1n) is 10.5. The summed E-state index contributed by atoms with van der Waals surface area (Å²) in [6.45, 7) is 0. The van der Waals surface area contributed by atoms with Crippen molar-refractivity contribution in [3.8, 4) is 5.82 Å². The van der Waals surface area contributed by atoms with E-state index in [1.807, 2.05) is 0 Å². The molecule has 1 fully saturated rings. The number of carbonyl (C=O) groups is 1. The second-order valence-electron chi connectivity index (χ2n) is 7.65. The molecule has 33 heavy (non-hydrogen) atoms. The van der Waals surface area contributed by atoms with Gasteiger partial charge in [0.2, 0.25) is 0 Å². The average Bonchev–Trinajstić information content (AvgIpc) is 3.27. The average molecular weight is 448 g/mol. The van der Waals surface area contributed by atoms with Crippen molar-refractivity contribution in [3.63, 3.8) is 0 Å². The number of hydrogen-bond acceptors (Lipinski definition) is 7. The zero-order valence-corrected chi connectivity index (χ0v) is 17.7. The minimum absolute atomic E-state index is 0.216. The van der Waals surface area contributed by atoms with Gasteiger partial charge in [0, 0.05) is 25.5 Å². The Hall–Kier alpha value is -4.28. The van der Waals surface area contributed by atoms with Crippen molar-refractivity contribution in [2.24, 2.45) is 0 Å². The van der Waals surface area contributed by atoms with Crippen LogP contribution in [0.15, 0.2) is 59.8 Å². The summed E-state index contributed by atoms with van der Waals surface area (Å²) in [4.78, 5) is 34.5. The zero-order chi connectivity index (χ0) is 22.9. The summed E-state index contributed by atoms with van der Waals surface area (Å²) in [7, 11) is 1.71. The topological polar surface area (TPSA) is 118 Å². The smallest absolute Gasteiger partial charge is 0.279 e. The van der Waals surface area contributed by atoms with Gasteiger partial charge >= 0.3 is 0 Å². The number of carbonyl (C=O) groups excluding carboxylic acids is 1. The summed E-state index contributed by atoms with van der Waals surface area (Å²) in [6, 6.07) is 9.83. The second-order valence-corrected chi connectivity index (χ2v) is 7.65. The van der Waals surface area contributed by atoms with Gasteiger partial charge < -0.3 is 16.0 Å². The Kier molecular flexibility index (Phi) is 5.21. The van der Waals surface area contributed by atoms with Crippen LogP contribution >= 0.6 is 0 Å². The quantitative estimate of drug-likeness (QED) is 0.414. The van der Waals surface area contributed by atoms with Gasteiger partial charge in [-0.2, -0.15) is 9.61 Å². The van der Waals surface area contributed by atoms with Gasteiger partial charge in [0.25, 0.3) is 11.5 Å². The molecule has 5 rings (SSSR count). The molecule has 1 amide bonds. The van der Waals surface area contributed by atoms with Gasteiger partial charge in [-0.1, -0.05) is 6.07 Å². The van der Waals surface area contributed by atoms with Crippen LogP contribution in [0.25, 0.3) is 11.5 Å². The fourth-order valence-electron chi connectivity index (χ4n) is 3.64. The van der Waals surface area contributed by atoms with Crippen LogP contribution in [0, 0.1) is 0 Å². The van der Waals surface area contributed by atoms with Crippen LogP contribution in [0.1, 0.15) is 23.2 Å². The third-order valence-electron chi connectivity index (χ3n) is 5.59. The Labute approximate surface area is 187 Å². The second kappa shape index (κ2) is 8.34. The zero-order valence-electron chi connectivity index (χ0n) is 17.7. The summed E-state index contributed by atoms with van der Waals surface area (Å²) in [6.07, 6.45) is 4.65. The van der Waals surface area contributed by atoms with E-state index in [0.29, 0.717) is 30.3 Å². The normalized spacial score (nSPS) is 17.4. The van der Waals surface area contributed by atoms with Crippen LogP contribution < -0.4 is 21.5 Å². The fourth-order valence-corrected chi connectivity index (χ4v) is 3.64. The molecule has 1 aliphatic rings. The van der Waals surface area contributed by atoms with Crippen molar-refractivity contribution in [1.29, 1.82) is 0 Å².